The molecule has 0 saturated heterocycles. The van der Waals surface area contributed by atoms with E-state index in [2.05, 4.69) is 21.2 Å². The minimum absolute atomic E-state index is 0.0897. The smallest absolute Gasteiger partial charge is 0.103 e. The first-order chi connectivity index (χ1) is 9.06. The molecule has 0 heterocycles. The highest BCUT2D eigenvalue weighted by Gasteiger charge is 2.42. The van der Waals surface area contributed by atoms with Crippen LogP contribution in [-0.4, -0.2) is 32.0 Å². The zero-order valence-corrected chi connectivity index (χ0v) is 13.7. The fourth-order valence-electron chi connectivity index (χ4n) is 2.37. The van der Waals surface area contributed by atoms with Crippen LogP contribution >= 0.6 is 27.5 Å². The molecule has 2 rings (SSSR count). The van der Waals surface area contributed by atoms with Crippen molar-refractivity contribution in [1.82, 2.24) is 0 Å². The highest BCUT2D eigenvalue weighted by molar-refractivity contribution is 9.10. The summed E-state index contributed by atoms with van der Waals surface area (Å²) in [4.78, 5) is 0. The maximum absolute atomic E-state index is 6.16. The molecule has 1 aliphatic rings. The van der Waals surface area contributed by atoms with Gasteiger partial charge >= 0.3 is 0 Å². The van der Waals surface area contributed by atoms with Crippen molar-refractivity contribution in [2.24, 2.45) is 0 Å². The zero-order valence-electron chi connectivity index (χ0n) is 11.4. The van der Waals surface area contributed by atoms with Crippen molar-refractivity contribution < 1.29 is 9.47 Å². The second-order valence-corrected chi connectivity index (χ2v) is 6.02. The summed E-state index contributed by atoms with van der Waals surface area (Å²) in [7, 11) is 1.72. The molecule has 1 saturated carbocycles. The Balaban J connectivity index is 2.04. The lowest BCUT2D eigenvalue weighted by molar-refractivity contribution is -0.118. The summed E-state index contributed by atoms with van der Waals surface area (Å²) >= 11 is 9.72. The fourth-order valence-corrected chi connectivity index (χ4v) is 3.11. The average molecular weight is 349 g/mol. The van der Waals surface area contributed by atoms with Crippen molar-refractivity contribution in [3.8, 4) is 0 Å². The molecule has 0 spiro atoms. The van der Waals surface area contributed by atoms with Crippen LogP contribution in [0.2, 0.25) is 5.02 Å². The Morgan fingerprint density at radius 2 is 2.21 bits per heavy atom. The van der Waals surface area contributed by atoms with E-state index in [4.69, 9.17) is 21.1 Å². The summed E-state index contributed by atoms with van der Waals surface area (Å²) in [5.74, 6) is 0. The van der Waals surface area contributed by atoms with Crippen molar-refractivity contribution in [1.29, 1.82) is 0 Å². The first-order valence-corrected chi connectivity index (χ1v) is 7.60. The van der Waals surface area contributed by atoms with Crippen LogP contribution in [-0.2, 0) is 9.47 Å². The van der Waals surface area contributed by atoms with Gasteiger partial charge in [-0.2, -0.15) is 0 Å². The molecule has 106 valence electrons. The van der Waals surface area contributed by atoms with E-state index >= 15 is 0 Å². The molecule has 3 nitrogen and oxygen atoms in total. The molecule has 1 aliphatic carbocycles. The molecule has 0 bridgehead atoms. The van der Waals surface area contributed by atoms with Crippen LogP contribution in [0.4, 0.5) is 5.69 Å². The summed E-state index contributed by atoms with van der Waals surface area (Å²) in [5.41, 5.74) is 2.06. The van der Waals surface area contributed by atoms with E-state index < -0.39 is 0 Å². The highest BCUT2D eigenvalue weighted by atomic mass is 79.9. The quantitative estimate of drug-likeness (QED) is 0.872. The maximum Gasteiger partial charge on any atom is 0.103 e. The molecule has 19 heavy (non-hydrogen) atoms. The molecule has 1 N–H and O–H groups in total. The van der Waals surface area contributed by atoms with Crippen LogP contribution in [0.3, 0.4) is 0 Å². The Bertz CT molecular complexity index is 455. The second-order valence-electron chi connectivity index (χ2n) is 4.76. The van der Waals surface area contributed by atoms with Gasteiger partial charge in [0, 0.05) is 23.2 Å². The van der Waals surface area contributed by atoms with Gasteiger partial charge in [0.05, 0.1) is 17.8 Å². The number of rotatable bonds is 5. The van der Waals surface area contributed by atoms with E-state index in [1.54, 1.807) is 7.11 Å². The van der Waals surface area contributed by atoms with E-state index in [0.29, 0.717) is 0 Å². The molecule has 0 aliphatic heterocycles. The van der Waals surface area contributed by atoms with Crippen LogP contribution in [0.15, 0.2) is 16.6 Å². The first-order valence-electron chi connectivity index (χ1n) is 6.43. The Labute approximate surface area is 127 Å². The van der Waals surface area contributed by atoms with Crippen LogP contribution < -0.4 is 5.32 Å². The summed E-state index contributed by atoms with van der Waals surface area (Å²) in [6.07, 6.45) is 1.23. The van der Waals surface area contributed by atoms with Crippen molar-refractivity contribution in [3.05, 3.63) is 27.2 Å². The van der Waals surface area contributed by atoms with Crippen LogP contribution in [0, 0.1) is 6.92 Å². The maximum atomic E-state index is 6.16. The number of halogens is 2. The van der Waals surface area contributed by atoms with Crippen molar-refractivity contribution in [3.63, 3.8) is 0 Å². The molecule has 0 radical (unpaired) electrons. The van der Waals surface area contributed by atoms with E-state index in [0.717, 1.165) is 33.8 Å². The first kappa shape index (κ1) is 15.1. The Kier molecular flexibility index (Phi) is 5.12. The Hall–Kier alpha value is -0.290. The van der Waals surface area contributed by atoms with Crippen LogP contribution in [0.25, 0.3) is 0 Å². The molecule has 1 aromatic rings. The molecule has 0 amide bonds. The predicted molar refractivity (Wildman–Crippen MR) is 82.1 cm³/mol. The van der Waals surface area contributed by atoms with Gasteiger partial charge in [0.1, 0.15) is 6.10 Å². The van der Waals surface area contributed by atoms with E-state index in [1.807, 2.05) is 26.0 Å². The molecule has 5 heteroatoms. The summed E-state index contributed by atoms with van der Waals surface area (Å²) in [5, 5.41) is 4.23. The fraction of sp³-hybridized carbons (Fsp3) is 0.571. The molecular formula is C14H19BrClNO2. The third kappa shape index (κ3) is 3.24. The van der Waals surface area contributed by atoms with Gasteiger partial charge in [0.25, 0.3) is 0 Å². The molecule has 3 atom stereocenters. The van der Waals surface area contributed by atoms with Gasteiger partial charge in [0.2, 0.25) is 0 Å². The largest absolute Gasteiger partial charge is 0.379 e. The third-order valence-electron chi connectivity index (χ3n) is 3.49. The molecular weight excluding hydrogens is 330 g/mol. The minimum atomic E-state index is 0.0897. The predicted octanol–water partition coefficient (Wildman–Crippen LogP) is 4.02. The zero-order chi connectivity index (χ0) is 14.0. The normalized spacial score (nSPS) is 26.1. The van der Waals surface area contributed by atoms with Gasteiger partial charge in [0.15, 0.2) is 0 Å². The molecule has 3 unspecified atom stereocenters. The van der Waals surface area contributed by atoms with Gasteiger partial charge in [-0.3, -0.25) is 0 Å². The Morgan fingerprint density at radius 3 is 2.84 bits per heavy atom. The van der Waals surface area contributed by atoms with E-state index in [1.165, 1.54) is 0 Å². The van der Waals surface area contributed by atoms with E-state index in [9.17, 15) is 0 Å². The van der Waals surface area contributed by atoms with Gasteiger partial charge in [-0.1, -0.05) is 11.6 Å². The summed E-state index contributed by atoms with van der Waals surface area (Å²) < 4.78 is 12.1. The van der Waals surface area contributed by atoms with Crippen molar-refractivity contribution >= 4 is 33.2 Å². The van der Waals surface area contributed by atoms with Crippen LogP contribution in [0.1, 0.15) is 18.9 Å². The number of nitrogens with one attached hydrogen (secondary N) is 1. The third-order valence-corrected chi connectivity index (χ3v) is 4.55. The summed E-state index contributed by atoms with van der Waals surface area (Å²) in [6.45, 7) is 4.71. The number of hydrogen-bond donors (Lipinski definition) is 1. The lowest BCUT2D eigenvalue weighted by Crippen LogP contribution is -2.56. The van der Waals surface area contributed by atoms with Gasteiger partial charge in [-0.25, -0.2) is 0 Å². The molecule has 1 fully saturated rings. The number of aryl methyl sites for hydroxylation is 1. The second kappa shape index (κ2) is 6.44. The molecule has 0 aromatic heterocycles. The SMILES string of the molecule is CCOC1CC(Nc2cc(Cl)c(C)cc2Br)C1OC. The van der Waals surface area contributed by atoms with Crippen molar-refractivity contribution in [2.45, 2.75) is 38.5 Å². The van der Waals surface area contributed by atoms with Crippen LogP contribution in [0.5, 0.6) is 0 Å². The number of methoxy groups -OCH3 is 1. The summed E-state index contributed by atoms with van der Waals surface area (Å²) in [6, 6.07) is 4.23. The minimum Gasteiger partial charge on any atom is -0.379 e. The Morgan fingerprint density at radius 1 is 1.47 bits per heavy atom. The van der Waals surface area contributed by atoms with Gasteiger partial charge < -0.3 is 14.8 Å². The van der Waals surface area contributed by atoms with Gasteiger partial charge in [-0.15, -0.1) is 0 Å². The standard InChI is InChI=1S/C14H19BrClNO2/c1-4-19-13-7-12(14(13)18-3)17-11-6-10(16)8(2)5-9(11)15/h5-6,12-14,17H,4,7H2,1-3H3. The average Bonchev–Trinajstić information content (AvgIpc) is 2.34. The molecule has 1 aromatic carbocycles. The monoisotopic (exact) mass is 347 g/mol. The lowest BCUT2D eigenvalue weighted by Gasteiger charge is -2.44. The number of ether oxygens (including phenoxy) is 2. The van der Waals surface area contributed by atoms with E-state index in [-0.39, 0.29) is 18.2 Å². The number of hydrogen-bond acceptors (Lipinski definition) is 3. The number of anilines is 1. The number of benzene rings is 1. The lowest BCUT2D eigenvalue weighted by atomic mass is 9.85. The van der Waals surface area contributed by atoms with Crippen molar-refractivity contribution in [2.75, 3.05) is 19.0 Å². The van der Waals surface area contributed by atoms with Gasteiger partial charge in [-0.05, 0) is 53.9 Å². The highest BCUT2D eigenvalue weighted by Crippen LogP contribution is 2.34. The topological polar surface area (TPSA) is 30.5 Å².